The molecule has 68 heavy (non-hydrogen) atoms. The molecule has 12 aromatic carbocycles. The highest BCUT2D eigenvalue weighted by atomic mass is 16.5. The molecular formula is C64H40N2O2. The van der Waals surface area contributed by atoms with Gasteiger partial charge in [-0.3, -0.25) is 0 Å². The minimum atomic E-state index is 0.824. The first-order valence-corrected chi connectivity index (χ1v) is 23.2. The zero-order chi connectivity index (χ0) is 44.7. The first kappa shape index (κ1) is 38.2. The van der Waals surface area contributed by atoms with Crippen LogP contribution in [0, 0.1) is 0 Å². The molecule has 14 rings (SSSR count). The molecule has 2 aliphatic rings. The molecule has 12 aromatic rings. The van der Waals surface area contributed by atoms with Gasteiger partial charge >= 0.3 is 0 Å². The number of rotatable bonds is 5. The maximum absolute atomic E-state index is 6.51. The van der Waals surface area contributed by atoms with Gasteiger partial charge in [-0.05, 0) is 155 Å². The molecule has 0 saturated heterocycles. The molecule has 4 heteroatoms. The molecule has 0 aromatic heterocycles. The largest absolute Gasteiger partial charge is 0.453 e. The van der Waals surface area contributed by atoms with Crippen molar-refractivity contribution in [1.82, 2.24) is 0 Å². The minimum Gasteiger partial charge on any atom is -0.453 e. The van der Waals surface area contributed by atoms with Crippen LogP contribution in [0.5, 0.6) is 23.0 Å². The molecule has 318 valence electrons. The Kier molecular flexibility index (Phi) is 8.55. The summed E-state index contributed by atoms with van der Waals surface area (Å²) in [5.41, 5.74) is 13.2. The van der Waals surface area contributed by atoms with E-state index in [-0.39, 0.29) is 0 Å². The van der Waals surface area contributed by atoms with Crippen molar-refractivity contribution in [3.8, 4) is 56.4 Å². The van der Waals surface area contributed by atoms with Crippen LogP contribution < -0.4 is 19.3 Å². The van der Waals surface area contributed by atoms with Crippen molar-refractivity contribution in [2.24, 2.45) is 0 Å². The zero-order valence-electron chi connectivity index (χ0n) is 36.8. The molecule has 0 radical (unpaired) electrons. The lowest BCUT2D eigenvalue weighted by molar-refractivity contribution is 0.477. The van der Waals surface area contributed by atoms with Gasteiger partial charge < -0.3 is 19.3 Å². The van der Waals surface area contributed by atoms with Gasteiger partial charge in [-0.2, -0.15) is 0 Å². The molecule has 0 amide bonds. The van der Waals surface area contributed by atoms with Crippen LogP contribution in [0.4, 0.5) is 34.1 Å². The number of fused-ring (bicyclic) bond motifs is 8. The predicted octanol–water partition coefficient (Wildman–Crippen LogP) is 18.5. The highest BCUT2D eigenvalue weighted by Crippen LogP contribution is 2.55. The van der Waals surface area contributed by atoms with Gasteiger partial charge in [0.05, 0.1) is 22.7 Å². The van der Waals surface area contributed by atoms with E-state index in [1.165, 1.54) is 49.2 Å². The molecule has 0 spiro atoms. The Morgan fingerprint density at radius 3 is 1.24 bits per heavy atom. The third-order valence-corrected chi connectivity index (χ3v) is 13.8. The lowest BCUT2D eigenvalue weighted by Crippen LogP contribution is -2.15. The van der Waals surface area contributed by atoms with Crippen LogP contribution in [0.25, 0.3) is 76.5 Å². The maximum atomic E-state index is 6.51. The van der Waals surface area contributed by atoms with E-state index in [4.69, 9.17) is 9.47 Å². The van der Waals surface area contributed by atoms with Crippen molar-refractivity contribution >= 4 is 77.2 Å². The highest BCUT2D eigenvalue weighted by molar-refractivity contribution is 6.23. The van der Waals surface area contributed by atoms with Crippen molar-refractivity contribution < 1.29 is 9.47 Å². The molecular weight excluding hydrogens is 829 g/mol. The van der Waals surface area contributed by atoms with E-state index in [2.05, 4.69) is 228 Å². The third kappa shape index (κ3) is 6.01. The van der Waals surface area contributed by atoms with E-state index < -0.39 is 0 Å². The smallest absolute Gasteiger partial charge is 0.151 e. The summed E-state index contributed by atoms with van der Waals surface area (Å²) in [5.74, 6) is 3.30. The number of ether oxygens (including phenoxy) is 2. The summed E-state index contributed by atoms with van der Waals surface area (Å²) in [6.07, 6.45) is 0. The molecule has 0 bridgehead atoms. The van der Waals surface area contributed by atoms with Gasteiger partial charge in [0.15, 0.2) is 23.0 Å². The van der Waals surface area contributed by atoms with Gasteiger partial charge in [0, 0.05) is 11.4 Å². The lowest BCUT2D eigenvalue weighted by Gasteiger charge is -2.33. The highest BCUT2D eigenvalue weighted by Gasteiger charge is 2.29. The van der Waals surface area contributed by atoms with E-state index in [9.17, 15) is 0 Å². The molecule has 0 unspecified atom stereocenters. The third-order valence-electron chi connectivity index (χ3n) is 13.8. The lowest BCUT2D eigenvalue weighted by atomic mass is 9.84. The Morgan fingerprint density at radius 1 is 0.250 bits per heavy atom. The van der Waals surface area contributed by atoms with Crippen LogP contribution in [0.15, 0.2) is 243 Å². The first-order chi connectivity index (χ1) is 33.7. The molecule has 0 atom stereocenters. The van der Waals surface area contributed by atoms with Gasteiger partial charge in [-0.1, -0.05) is 164 Å². The standard InChI is InChI=1S/C64H40N2O2/c1-2-16-45-38-46(33-28-41(45)14-1)64-52-37-35-47(65-55-20-5-9-24-59(55)67-60-25-10-6-21-56(60)65)39-53(52)63(44-31-29-43(30-32-44)50-19-13-17-42-15-3-4-18-49(42)50)51-36-34-48(40-54(51)64)66-57-22-7-11-26-61(57)68-62-27-12-8-23-58(62)66/h1-40H. The maximum Gasteiger partial charge on any atom is 0.151 e. The second kappa shape index (κ2) is 15.2. The Morgan fingerprint density at radius 2 is 0.676 bits per heavy atom. The average Bonchev–Trinajstić information content (AvgIpc) is 3.40. The summed E-state index contributed by atoms with van der Waals surface area (Å²) in [6.45, 7) is 0. The molecule has 4 nitrogen and oxygen atoms in total. The second-order valence-electron chi connectivity index (χ2n) is 17.6. The summed E-state index contributed by atoms with van der Waals surface area (Å²) in [6, 6.07) is 87.3. The van der Waals surface area contributed by atoms with Crippen LogP contribution in [0.1, 0.15) is 0 Å². The van der Waals surface area contributed by atoms with Crippen LogP contribution in [0.3, 0.4) is 0 Å². The fourth-order valence-corrected chi connectivity index (χ4v) is 10.7. The topological polar surface area (TPSA) is 24.9 Å². The number of benzene rings is 12. The van der Waals surface area contributed by atoms with Crippen LogP contribution in [-0.4, -0.2) is 0 Å². The molecule has 2 aliphatic heterocycles. The summed E-state index contributed by atoms with van der Waals surface area (Å²) >= 11 is 0. The minimum absolute atomic E-state index is 0.824. The molecule has 0 N–H and O–H groups in total. The van der Waals surface area contributed by atoms with E-state index in [1.807, 2.05) is 24.3 Å². The Hall–Kier alpha value is -9.12. The van der Waals surface area contributed by atoms with Crippen LogP contribution >= 0.6 is 0 Å². The van der Waals surface area contributed by atoms with Gasteiger partial charge in [0.1, 0.15) is 0 Å². The summed E-state index contributed by atoms with van der Waals surface area (Å²) in [4.78, 5) is 4.69. The zero-order valence-corrected chi connectivity index (χ0v) is 36.8. The first-order valence-electron chi connectivity index (χ1n) is 23.2. The number of hydrogen-bond acceptors (Lipinski definition) is 4. The summed E-state index contributed by atoms with van der Waals surface area (Å²) in [5, 5.41) is 9.54. The Bertz CT molecular complexity index is 3910. The number of anilines is 6. The van der Waals surface area contributed by atoms with Gasteiger partial charge in [0.2, 0.25) is 0 Å². The molecule has 2 heterocycles. The van der Waals surface area contributed by atoms with Gasteiger partial charge in [-0.25, -0.2) is 0 Å². The fourth-order valence-electron chi connectivity index (χ4n) is 10.7. The normalized spacial score (nSPS) is 12.6. The number of para-hydroxylation sites is 8. The second-order valence-corrected chi connectivity index (χ2v) is 17.6. The van der Waals surface area contributed by atoms with Crippen LogP contribution in [0.2, 0.25) is 0 Å². The van der Waals surface area contributed by atoms with Crippen LogP contribution in [-0.2, 0) is 0 Å². The van der Waals surface area contributed by atoms with Crippen molar-refractivity contribution in [3.05, 3.63) is 243 Å². The summed E-state index contributed by atoms with van der Waals surface area (Å²) in [7, 11) is 0. The molecule has 0 saturated carbocycles. The van der Waals surface area contributed by atoms with E-state index in [1.54, 1.807) is 0 Å². The van der Waals surface area contributed by atoms with Crippen molar-refractivity contribution in [2.45, 2.75) is 0 Å². The van der Waals surface area contributed by atoms with Crippen molar-refractivity contribution in [3.63, 3.8) is 0 Å². The SMILES string of the molecule is c1ccc2c(c1)Oc1ccccc1N2c1ccc2c(-c3ccc4ccccc4c3)c3cc(N4c5ccccc5Oc5ccccc54)ccc3c(-c3ccc(-c4cccc5ccccc45)cc3)c2c1. The Labute approximate surface area is 393 Å². The predicted molar refractivity (Wildman–Crippen MR) is 282 cm³/mol. The van der Waals surface area contributed by atoms with Crippen molar-refractivity contribution in [1.29, 1.82) is 0 Å². The van der Waals surface area contributed by atoms with E-state index in [0.717, 1.165) is 84.4 Å². The number of hydrogen-bond donors (Lipinski definition) is 0. The quantitative estimate of drug-likeness (QED) is 0.161. The van der Waals surface area contributed by atoms with E-state index in [0.29, 0.717) is 0 Å². The van der Waals surface area contributed by atoms with Gasteiger partial charge in [-0.15, -0.1) is 0 Å². The molecule has 0 aliphatic carbocycles. The summed E-state index contributed by atoms with van der Waals surface area (Å²) < 4.78 is 13.0. The number of nitrogens with zero attached hydrogens (tertiary/aromatic N) is 2. The van der Waals surface area contributed by atoms with E-state index >= 15 is 0 Å². The monoisotopic (exact) mass is 868 g/mol. The molecule has 0 fully saturated rings. The Balaban J connectivity index is 1.07. The van der Waals surface area contributed by atoms with Crippen molar-refractivity contribution in [2.75, 3.05) is 9.80 Å². The average molecular weight is 869 g/mol. The fraction of sp³-hybridized carbons (Fsp3) is 0. The van der Waals surface area contributed by atoms with Gasteiger partial charge in [0.25, 0.3) is 0 Å².